The Labute approximate surface area is 138 Å². The number of aryl methyl sites for hydroxylation is 2. The van der Waals surface area contributed by atoms with Crippen LogP contribution < -0.4 is 5.32 Å². The van der Waals surface area contributed by atoms with Crippen molar-refractivity contribution in [1.82, 2.24) is 10.2 Å². The van der Waals surface area contributed by atoms with E-state index in [-0.39, 0.29) is 17.9 Å². The van der Waals surface area contributed by atoms with E-state index in [1.165, 1.54) is 11.1 Å². The lowest BCUT2D eigenvalue weighted by atomic mass is 10.1. The molecule has 1 N–H and O–H groups in total. The number of amides is 2. The maximum atomic E-state index is 12.5. The van der Waals surface area contributed by atoms with Crippen LogP contribution in [0.25, 0.3) is 0 Å². The molecule has 0 radical (unpaired) electrons. The van der Waals surface area contributed by atoms with E-state index in [2.05, 4.69) is 36.5 Å². The highest BCUT2D eigenvalue weighted by molar-refractivity contribution is 5.88. The van der Waals surface area contributed by atoms with Gasteiger partial charge >= 0.3 is 0 Å². The predicted octanol–water partition coefficient (Wildman–Crippen LogP) is 2.45. The van der Waals surface area contributed by atoms with Crippen LogP contribution in [0.4, 0.5) is 0 Å². The summed E-state index contributed by atoms with van der Waals surface area (Å²) in [7, 11) is 0. The van der Waals surface area contributed by atoms with Crippen LogP contribution in [0.5, 0.6) is 0 Å². The smallest absolute Gasteiger partial charge is 0.243 e. The van der Waals surface area contributed by atoms with Gasteiger partial charge in [-0.2, -0.15) is 0 Å². The SMILES string of the molecule is CCc1ccc(CCC(=O)N2CCCC2C(=O)NC2CC2)cc1. The second kappa shape index (κ2) is 7.16. The number of rotatable bonds is 6. The molecule has 2 amide bonds. The van der Waals surface area contributed by atoms with E-state index in [1.54, 1.807) is 4.90 Å². The lowest BCUT2D eigenvalue weighted by Gasteiger charge is -2.24. The quantitative estimate of drug-likeness (QED) is 0.877. The van der Waals surface area contributed by atoms with E-state index in [0.717, 1.165) is 45.1 Å². The zero-order valence-corrected chi connectivity index (χ0v) is 13.9. The molecule has 2 fully saturated rings. The van der Waals surface area contributed by atoms with Crippen molar-refractivity contribution in [1.29, 1.82) is 0 Å². The van der Waals surface area contributed by atoms with Gasteiger partial charge in [0.15, 0.2) is 0 Å². The second-order valence-electron chi connectivity index (χ2n) is 6.70. The normalized spacial score (nSPS) is 20.6. The molecule has 3 rings (SSSR count). The van der Waals surface area contributed by atoms with Gasteiger partial charge in [0.05, 0.1) is 0 Å². The van der Waals surface area contributed by atoms with E-state index < -0.39 is 0 Å². The minimum Gasteiger partial charge on any atom is -0.352 e. The van der Waals surface area contributed by atoms with Crippen molar-refractivity contribution in [3.8, 4) is 0 Å². The van der Waals surface area contributed by atoms with E-state index >= 15 is 0 Å². The van der Waals surface area contributed by atoms with Gasteiger partial charge in [0.1, 0.15) is 6.04 Å². The summed E-state index contributed by atoms with van der Waals surface area (Å²) in [5, 5.41) is 3.03. The molecule has 1 aromatic rings. The van der Waals surface area contributed by atoms with E-state index in [0.29, 0.717) is 12.5 Å². The highest BCUT2D eigenvalue weighted by Gasteiger charge is 2.36. The summed E-state index contributed by atoms with van der Waals surface area (Å²) in [6.07, 6.45) is 6.16. The summed E-state index contributed by atoms with van der Waals surface area (Å²) in [5.41, 5.74) is 2.50. The average Bonchev–Trinajstić information content (AvgIpc) is 3.24. The highest BCUT2D eigenvalue weighted by atomic mass is 16.2. The lowest BCUT2D eigenvalue weighted by molar-refractivity contribution is -0.138. The third-order valence-corrected chi connectivity index (χ3v) is 4.86. The molecule has 1 atom stereocenters. The van der Waals surface area contributed by atoms with Crippen LogP contribution in [-0.4, -0.2) is 35.3 Å². The Balaban J connectivity index is 1.52. The van der Waals surface area contributed by atoms with Crippen LogP contribution in [0.15, 0.2) is 24.3 Å². The van der Waals surface area contributed by atoms with Gasteiger partial charge in [-0.3, -0.25) is 9.59 Å². The van der Waals surface area contributed by atoms with Gasteiger partial charge in [-0.25, -0.2) is 0 Å². The molecule has 124 valence electrons. The first-order chi connectivity index (χ1) is 11.2. The molecule has 2 aliphatic rings. The molecule has 0 spiro atoms. The number of hydrogen-bond acceptors (Lipinski definition) is 2. The molecule has 4 heteroatoms. The van der Waals surface area contributed by atoms with Crippen molar-refractivity contribution in [3.05, 3.63) is 35.4 Å². The Kier molecular flexibility index (Phi) is 4.99. The van der Waals surface area contributed by atoms with Gasteiger partial charge < -0.3 is 10.2 Å². The number of nitrogens with one attached hydrogen (secondary N) is 1. The molecule has 1 aromatic carbocycles. The fourth-order valence-corrected chi connectivity index (χ4v) is 3.20. The monoisotopic (exact) mass is 314 g/mol. The van der Waals surface area contributed by atoms with Crippen molar-refractivity contribution < 1.29 is 9.59 Å². The summed E-state index contributed by atoms with van der Waals surface area (Å²) in [6.45, 7) is 2.86. The van der Waals surface area contributed by atoms with Crippen LogP contribution in [-0.2, 0) is 22.4 Å². The highest BCUT2D eigenvalue weighted by Crippen LogP contribution is 2.23. The summed E-state index contributed by atoms with van der Waals surface area (Å²) >= 11 is 0. The first-order valence-electron chi connectivity index (χ1n) is 8.85. The third kappa shape index (κ3) is 4.12. The molecular weight excluding hydrogens is 288 g/mol. The van der Waals surface area contributed by atoms with Crippen molar-refractivity contribution >= 4 is 11.8 Å². The minimum atomic E-state index is -0.245. The summed E-state index contributed by atoms with van der Waals surface area (Å²) in [5.74, 6) is 0.156. The minimum absolute atomic E-state index is 0.0469. The molecule has 1 unspecified atom stereocenters. The van der Waals surface area contributed by atoms with Crippen molar-refractivity contribution in [2.45, 2.75) is 64.0 Å². The standard InChI is InChI=1S/C19H26N2O2/c1-2-14-5-7-15(8-6-14)9-12-18(22)21-13-3-4-17(21)19(23)20-16-10-11-16/h5-8,16-17H,2-4,9-13H2,1H3,(H,20,23). The largest absolute Gasteiger partial charge is 0.352 e. The Morgan fingerprint density at radius 2 is 1.83 bits per heavy atom. The number of carbonyl (C=O) groups is 2. The van der Waals surface area contributed by atoms with Crippen LogP contribution >= 0.6 is 0 Å². The maximum Gasteiger partial charge on any atom is 0.243 e. The van der Waals surface area contributed by atoms with Gasteiger partial charge in [0.2, 0.25) is 11.8 Å². The molecule has 1 saturated carbocycles. The van der Waals surface area contributed by atoms with Crippen LogP contribution in [0, 0.1) is 0 Å². The van der Waals surface area contributed by atoms with Gasteiger partial charge in [-0.1, -0.05) is 31.2 Å². The zero-order chi connectivity index (χ0) is 16.2. The van der Waals surface area contributed by atoms with E-state index in [4.69, 9.17) is 0 Å². The molecule has 23 heavy (non-hydrogen) atoms. The summed E-state index contributed by atoms with van der Waals surface area (Å²) in [4.78, 5) is 26.5. The van der Waals surface area contributed by atoms with Gasteiger partial charge in [0.25, 0.3) is 0 Å². The first kappa shape index (κ1) is 16.0. The summed E-state index contributed by atoms with van der Waals surface area (Å²) < 4.78 is 0. The number of nitrogens with zero attached hydrogens (tertiary/aromatic N) is 1. The molecule has 1 aliphatic heterocycles. The third-order valence-electron chi connectivity index (χ3n) is 4.86. The van der Waals surface area contributed by atoms with Gasteiger partial charge in [-0.05, 0) is 49.7 Å². The molecular formula is C19H26N2O2. The molecule has 0 aromatic heterocycles. The molecule has 1 saturated heterocycles. The fourth-order valence-electron chi connectivity index (χ4n) is 3.20. The zero-order valence-electron chi connectivity index (χ0n) is 13.9. The first-order valence-corrected chi connectivity index (χ1v) is 8.85. The van der Waals surface area contributed by atoms with Crippen molar-refractivity contribution in [3.63, 3.8) is 0 Å². The predicted molar refractivity (Wildman–Crippen MR) is 90.0 cm³/mol. The number of hydrogen-bond donors (Lipinski definition) is 1. The van der Waals surface area contributed by atoms with Crippen LogP contribution in [0.3, 0.4) is 0 Å². The van der Waals surface area contributed by atoms with Gasteiger partial charge in [0, 0.05) is 19.0 Å². The molecule has 0 bridgehead atoms. The Bertz CT molecular complexity index is 563. The number of benzene rings is 1. The average molecular weight is 314 g/mol. The Morgan fingerprint density at radius 3 is 2.48 bits per heavy atom. The Hall–Kier alpha value is -1.84. The fraction of sp³-hybridized carbons (Fsp3) is 0.579. The lowest BCUT2D eigenvalue weighted by Crippen LogP contribution is -2.46. The van der Waals surface area contributed by atoms with Crippen molar-refractivity contribution in [2.75, 3.05) is 6.54 Å². The molecule has 1 aliphatic carbocycles. The molecule has 4 nitrogen and oxygen atoms in total. The maximum absolute atomic E-state index is 12.5. The Morgan fingerprint density at radius 1 is 1.13 bits per heavy atom. The number of carbonyl (C=O) groups excluding carboxylic acids is 2. The number of likely N-dealkylation sites (tertiary alicyclic amines) is 1. The second-order valence-corrected chi connectivity index (χ2v) is 6.70. The van der Waals surface area contributed by atoms with Crippen molar-refractivity contribution in [2.24, 2.45) is 0 Å². The van der Waals surface area contributed by atoms with E-state index in [1.807, 2.05) is 0 Å². The summed E-state index contributed by atoms with van der Waals surface area (Å²) in [6, 6.07) is 8.58. The van der Waals surface area contributed by atoms with Crippen LogP contribution in [0.2, 0.25) is 0 Å². The molecule has 1 heterocycles. The topological polar surface area (TPSA) is 49.4 Å². The van der Waals surface area contributed by atoms with E-state index in [9.17, 15) is 9.59 Å². The van der Waals surface area contributed by atoms with Gasteiger partial charge in [-0.15, -0.1) is 0 Å². The van der Waals surface area contributed by atoms with Crippen LogP contribution in [0.1, 0.15) is 50.2 Å².